The van der Waals surface area contributed by atoms with E-state index >= 15 is 0 Å². The minimum absolute atomic E-state index is 0.0781. The number of nitrogens with one attached hydrogen (secondary N) is 1. The molecule has 0 aliphatic carbocycles. The van der Waals surface area contributed by atoms with Crippen molar-refractivity contribution in [1.82, 2.24) is 24.5 Å². The summed E-state index contributed by atoms with van der Waals surface area (Å²) >= 11 is 1.67. The smallest absolute Gasteiger partial charge is 0.272 e. The van der Waals surface area contributed by atoms with Gasteiger partial charge in [-0.2, -0.15) is 5.26 Å². The van der Waals surface area contributed by atoms with Gasteiger partial charge in [-0.15, -0.1) is 11.3 Å². The summed E-state index contributed by atoms with van der Waals surface area (Å²) in [7, 11) is 1.97. The topological polar surface area (TPSA) is 90.1 Å². The molecule has 1 aromatic carbocycles. The number of rotatable bonds is 4. The molecule has 4 aromatic rings. The normalized spacial score (nSPS) is 12.7. The number of thiazole rings is 1. The van der Waals surface area contributed by atoms with Crippen LogP contribution >= 0.6 is 11.3 Å². The van der Waals surface area contributed by atoms with Crippen LogP contribution in [0.15, 0.2) is 41.3 Å². The Balaban J connectivity index is 1.63. The number of H-pyrrole nitrogens is 1. The Labute approximate surface area is 153 Å². The lowest BCUT2D eigenvalue weighted by molar-refractivity contribution is 0.250. The number of nitriles is 1. The Hall–Kier alpha value is -3.02. The zero-order valence-corrected chi connectivity index (χ0v) is 15.1. The van der Waals surface area contributed by atoms with Crippen molar-refractivity contribution < 1.29 is 0 Å². The van der Waals surface area contributed by atoms with Crippen LogP contribution < -0.4 is 5.56 Å². The Morgan fingerprint density at radius 1 is 1.38 bits per heavy atom. The molecule has 3 heterocycles. The second kappa shape index (κ2) is 6.37. The molecule has 8 heteroatoms. The Bertz CT molecular complexity index is 1160. The molecule has 0 aliphatic rings. The highest BCUT2D eigenvalue weighted by atomic mass is 32.1. The van der Waals surface area contributed by atoms with Gasteiger partial charge in [-0.05, 0) is 26.1 Å². The van der Waals surface area contributed by atoms with E-state index in [1.54, 1.807) is 11.3 Å². The number of aromatic amines is 1. The quantitative estimate of drug-likeness (QED) is 0.601. The molecular formula is C18H16N6OS. The van der Waals surface area contributed by atoms with Crippen LogP contribution in [0.5, 0.6) is 0 Å². The van der Waals surface area contributed by atoms with E-state index in [-0.39, 0.29) is 11.6 Å². The summed E-state index contributed by atoms with van der Waals surface area (Å²) in [6.45, 7) is 2.57. The lowest BCUT2D eigenvalue weighted by atomic mass is 10.2. The van der Waals surface area contributed by atoms with E-state index in [1.807, 2.05) is 31.3 Å². The monoisotopic (exact) mass is 364 g/mol. The molecule has 3 aromatic heterocycles. The van der Waals surface area contributed by atoms with Crippen molar-refractivity contribution >= 4 is 27.2 Å². The van der Waals surface area contributed by atoms with Crippen molar-refractivity contribution in [3.63, 3.8) is 0 Å². The van der Waals surface area contributed by atoms with E-state index in [9.17, 15) is 4.79 Å². The van der Waals surface area contributed by atoms with Crippen LogP contribution in [0.25, 0.3) is 15.9 Å². The summed E-state index contributed by atoms with van der Waals surface area (Å²) in [6, 6.07) is 11.7. The predicted octanol–water partition coefficient (Wildman–Crippen LogP) is 2.70. The molecular weight excluding hydrogens is 348 g/mol. The molecule has 7 nitrogen and oxygen atoms in total. The molecule has 0 radical (unpaired) electrons. The van der Waals surface area contributed by atoms with Crippen LogP contribution in [0, 0.1) is 11.3 Å². The number of aromatic nitrogens is 4. The highest BCUT2D eigenvalue weighted by molar-refractivity contribution is 7.18. The maximum atomic E-state index is 12.2. The molecule has 1 atom stereocenters. The third-order valence-electron chi connectivity index (χ3n) is 4.41. The van der Waals surface area contributed by atoms with Crippen LogP contribution in [-0.4, -0.2) is 31.5 Å². The van der Waals surface area contributed by atoms with E-state index < -0.39 is 0 Å². The SMILES string of the molecule is CC(c1nc2ccccc2s1)N(C)Cc1cc(=O)n2[nH]cc(C#N)c2n1. The first-order valence-electron chi connectivity index (χ1n) is 8.12. The minimum atomic E-state index is -0.229. The number of hydrogen-bond acceptors (Lipinski definition) is 6. The molecule has 0 spiro atoms. The second-order valence-corrected chi connectivity index (χ2v) is 7.22. The van der Waals surface area contributed by atoms with E-state index in [0.29, 0.717) is 23.4 Å². The number of para-hydroxylation sites is 1. The highest BCUT2D eigenvalue weighted by Gasteiger charge is 2.18. The maximum Gasteiger partial charge on any atom is 0.272 e. The minimum Gasteiger partial charge on any atom is -0.295 e. The molecule has 4 rings (SSSR count). The standard InChI is InChI=1S/C18H16N6OS/c1-11(18-22-14-5-3-4-6-15(14)26-18)23(2)10-13-7-16(25)24-17(21-13)12(8-19)9-20-24/h3-7,9,11,20H,10H2,1-2H3. The molecule has 0 saturated carbocycles. The van der Waals surface area contributed by atoms with Gasteiger partial charge in [-0.3, -0.25) is 14.8 Å². The van der Waals surface area contributed by atoms with Crippen LogP contribution in [-0.2, 0) is 6.54 Å². The van der Waals surface area contributed by atoms with Crippen LogP contribution in [0.1, 0.15) is 29.2 Å². The maximum absolute atomic E-state index is 12.2. The van der Waals surface area contributed by atoms with Crippen LogP contribution in [0.4, 0.5) is 0 Å². The van der Waals surface area contributed by atoms with Crippen molar-refractivity contribution in [3.05, 3.63) is 63.1 Å². The molecule has 0 saturated heterocycles. The Morgan fingerprint density at radius 2 is 2.19 bits per heavy atom. The van der Waals surface area contributed by atoms with E-state index in [2.05, 4.69) is 28.0 Å². The Kier molecular flexibility index (Phi) is 4.03. The average molecular weight is 364 g/mol. The van der Waals surface area contributed by atoms with E-state index in [1.165, 1.54) is 16.8 Å². The van der Waals surface area contributed by atoms with Crippen LogP contribution in [0.3, 0.4) is 0 Å². The van der Waals surface area contributed by atoms with Crippen molar-refractivity contribution in [2.75, 3.05) is 7.05 Å². The summed E-state index contributed by atoms with van der Waals surface area (Å²) < 4.78 is 2.44. The third-order valence-corrected chi connectivity index (χ3v) is 5.62. The van der Waals surface area contributed by atoms with Gasteiger partial charge >= 0.3 is 0 Å². The summed E-state index contributed by atoms with van der Waals surface area (Å²) in [6.07, 6.45) is 1.49. The molecule has 0 aliphatic heterocycles. The summed E-state index contributed by atoms with van der Waals surface area (Å²) in [5.74, 6) is 0. The summed E-state index contributed by atoms with van der Waals surface area (Å²) in [5.41, 5.74) is 2.10. The van der Waals surface area contributed by atoms with Gasteiger partial charge in [0.15, 0.2) is 5.65 Å². The Morgan fingerprint density at radius 3 is 2.96 bits per heavy atom. The number of hydrogen-bond donors (Lipinski definition) is 1. The largest absolute Gasteiger partial charge is 0.295 e. The van der Waals surface area contributed by atoms with Gasteiger partial charge in [0.2, 0.25) is 0 Å². The van der Waals surface area contributed by atoms with Crippen molar-refractivity contribution in [1.29, 1.82) is 5.26 Å². The van der Waals surface area contributed by atoms with Gasteiger partial charge in [-0.25, -0.2) is 14.5 Å². The summed E-state index contributed by atoms with van der Waals surface area (Å²) in [5, 5.41) is 12.9. The first-order valence-corrected chi connectivity index (χ1v) is 8.94. The average Bonchev–Trinajstić information content (AvgIpc) is 3.24. The van der Waals surface area contributed by atoms with Crippen molar-refractivity contribution in [2.45, 2.75) is 19.5 Å². The molecule has 0 amide bonds. The van der Waals surface area contributed by atoms with Crippen molar-refractivity contribution in [2.24, 2.45) is 0 Å². The predicted molar refractivity (Wildman–Crippen MR) is 100 cm³/mol. The zero-order valence-electron chi connectivity index (χ0n) is 14.3. The molecule has 0 bridgehead atoms. The van der Waals surface area contributed by atoms with Gasteiger partial charge in [0.25, 0.3) is 5.56 Å². The van der Waals surface area contributed by atoms with Gasteiger partial charge < -0.3 is 0 Å². The van der Waals surface area contributed by atoms with Gasteiger partial charge in [0.05, 0.1) is 22.0 Å². The van der Waals surface area contributed by atoms with Crippen LogP contribution in [0.2, 0.25) is 0 Å². The van der Waals surface area contributed by atoms with Gasteiger partial charge in [-0.1, -0.05) is 12.1 Å². The third kappa shape index (κ3) is 2.77. The van der Waals surface area contributed by atoms with E-state index in [4.69, 9.17) is 10.2 Å². The second-order valence-electron chi connectivity index (χ2n) is 6.15. The molecule has 0 fully saturated rings. The zero-order chi connectivity index (χ0) is 18.3. The highest BCUT2D eigenvalue weighted by Crippen LogP contribution is 2.29. The van der Waals surface area contributed by atoms with Crippen molar-refractivity contribution in [3.8, 4) is 6.07 Å². The fourth-order valence-corrected chi connectivity index (χ4v) is 3.93. The number of nitrogens with zero attached hydrogens (tertiary/aromatic N) is 5. The number of benzene rings is 1. The molecule has 130 valence electrons. The first kappa shape index (κ1) is 16.4. The fourth-order valence-electron chi connectivity index (χ4n) is 2.84. The molecule has 1 N–H and O–H groups in total. The lowest BCUT2D eigenvalue weighted by Crippen LogP contribution is -2.24. The lowest BCUT2D eigenvalue weighted by Gasteiger charge is -2.22. The van der Waals surface area contributed by atoms with E-state index in [0.717, 1.165) is 15.2 Å². The first-order chi connectivity index (χ1) is 12.6. The fraction of sp³-hybridized carbons (Fsp3) is 0.222. The number of fused-ring (bicyclic) bond motifs is 2. The molecule has 26 heavy (non-hydrogen) atoms. The van der Waals surface area contributed by atoms with Gasteiger partial charge in [0, 0.05) is 18.8 Å². The summed E-state index contributed by atoms with van der Waals surface area (Å²) in [4.78, 5) is 23.5. The van der Waals surface area contributed by atoms with Gasteiger partial charge in [0.1, 0.15) is 16.6 Å². The molecule has 1 unspecified atom stereocenters.